The van der Waals surface area contributed by atoms with Crippen LogP contribution in [0, 0.1) is 5.92 Å². The monoisotopic (exact) mass is 471 g/mol. The van der Waals surface area contributed by atoms with Crippen LogP contribution >= 0.6 is 24.8 Å². The van der Waals surface area contributed by atoms with Gasteiger partial charge in [-0.1, -0.05) is 26.0 Å². The van der Waals surface area contributed by atoms with Crippen LogP contribution in [0.2, 0.25) is 0 Å². The highest BCUT2D eigenvalue weighted by Crippen LogP contribution is 2.29. The largest absolute Gasteiger partial charge is 0.455 e. The van der Waals surface area contributed by atoms with Crippen LogP contribution in [0.25, 0.3) is 0 Å². The predicted octanol–water partition coefficient (Wildman–Crippen LogP) is 2.12. The van der Waals surface area contributed by atoms with Gasteiger partial charge >= 0.3 is 0 Å². The van der Waals surface area contributed by atoms with Gasteiger partial charge in [0.1, 0.15) is 11.4 Å². The van der Waals surface area contributed by atoms with Crippen molar-refractivity contribution in [2.24, 2.45) is 11.7 Å². The number of aromatic nitrogens is 1. The van der Waals surface area contributed by atoms with Gasteiger partial charge in [-0.2, -0.15) is 0 Å². The maximum absolute atomic E-state index is 12.2. The minimum Gasteiger partial charge on any atom is -0.455 e. The number of rotatable bonds is 8. The van der Waals surface area contributed by atoms with Crippen LogP contribution in [0.15, 0.2) is 42.6 Å². The van der Waals surface area contributed by atoms with Crippen molar-refractivity contribution in [1.82, 2.24) is 15.6 Å². The average Bonchev–Trinajstić information content (AvgIpc) is 2.72. The number of hydrogen-bond donors (Lipinski definition) is 4. The average molecular weight is 472 g/mol. The molecule has 0 fully saturated rings. The summed E-state index contributed by atoms with van der Waals surface area (Å²) >= 11 is 0. The molecule has 9 nitrogen and oxygen atoms in total. The van der Waals surface area contributed by atoms with E-state index < -0.39 is 17.9 Å². The number of ether oxygens (including phenoxy) is 1. The van der Waals surface area contributed by atoms with Gasteiger partial charge in [0.05, 0.1) is 18.3 Å². The maximum atomic E-state index is 12.2. The number of carbonyl (C=O) groups is 3. The molecule has 2 rings (SSSR count). The van der Waals surface area contributed by atoms with E-state index in [2.05, 4.69) is 20.9 Å². The van der Waals surface area contributed by atoms with Gasteiger partial charge in [0, 0.05) is 19.3 Å². The number of pyridine rings is 1. The number of anilines is 1. The first kappa shape index (κ1) is 28.1. The van der Waals surface area contributed by atoms with Crippen LogP contribution in [0.5, 0.6) is 11.5 Å². The summed E-state index contributed by atoms with van der Waals surface area (Å²) in [7, 11) is 1.51. The van der Waals surface area contributed by atoms with E-state index in [1.54, 1.807) is 30.3 Å². The molecule has 0 saturated heterocycles. The number of amides is 3. The lowest BCUT2D eigenvalue weighted by Gasteiger charge is -2.16. The standard InChI is InChI=1S/C20H25N5O4.2ClH/c1-12(2)18(21)20(28)24-11-17(26)25-14-6-4-5-7-16(14)29-13-8-9-23-15(10-13)19(27)22-3;;/h4-10,12,18H,11,21H2,1-3H3,(H,22,27)(H,24,28)(H,25,26);2*1H/t18-;;/m0../s1. The summed E-state index contributed by atoms with van der Waals surface area (Å²) in [6, 6.07) is 9.22. The van der Waals surface area contributed by atoms with Crippen molar-refractivity contribution in [3.05, 3.63) is 48.3 Å². The first-order valence-corrected chi connectivity index (χ1v) is 9.10. The Morgan fingerprint density at radius 3 is 2.45 bits per heavy atom. The van der Waals surface area contributed by atoms with E-state index in [0.717, 1.165) is 0 Å². The van der Waals surface area contributed by atoms with Crippen molar-refractivity contribution in [2.75, 3.05) is 18.9 Å². The van der Waals surface area contributed by atoms with Crippen LogP contribution in [-0.4, -0.2) is 42.3 Å². The summed E-state index contributed by atoms with van der Waals surface area (Å²) in [5.41, 5.74) is 6.37. The molecule has 11 heteroatoms. The number of carbonyl (C=O) groups excluding carboxylic acids is 3. The molecule has 3 amide bonds. The molecular weight excluding hydrogens is 445 g/mol. The molecule has 0 radical (unpaired) electrons. The molecule has 170 valence electrons. The zero-order chi connectivity index (χ0) is 21.4. The minimum absolute atomic E-state index is 0. The molecule has 0 unspecified atom stereocenters. The molecule has 0 saturated carbocycles. The Balaban J connectivity index is 0.00000450. The second kappa shape index (κ2) is 13.4. The maximum Gasteiger partial charge on any atom is 0.269 e. The van der Waals surface area contributed by atoms with Gasteiger partial charge < -0.3 is 26.4 Å². The molecule has 0 aliphatic heterocycles. The van der Waals surface area contributed by atoms with Crippen molar-refractivity contribution in [1.29, 1.82) is 0 Å². The molecule has 1 atom stereocenters. The predicted molar refractivity (Wildman–Crippen MR) is 123 cm³/mol. The molecule has 1 heterocycles. The molecule has 5 N–H and O–H groups in total. The fraction of sp³-hybridized carbons (Fsp3) is 0.300. The molecule has 31 heavy (non-hydrogen) atoms. The Kier molecular flexibility index (Phi) is 12.2. The normalized spacial score (nSPS) is 10.7. The Hall–Kier alpha value is -2.88. The van der Waals surface area contributed by atoms with Crippen molar-refractivity contribution in [2.45, 2.75) is 19.9 Å². The van der Waals surface area contributed by atoms with E-state index >= 15 is 0 Å². The molecule has 1 aromatic heterocycles. The highest BCUT2D eigenvalue weighted by molar-refractivity contribution is 5.96. The molecular formula is C20H27Cl2N5O4. The third kappa shape index (κ3) is 8.41. The van der Waals surface area contributed by atoms with E-state index in [-0.39, 0.29) is 48.9 Å². The Bertz CT molecular complexity index is 895. The van der Waals surface area contributed by atoms with Gasteiger partial charge in [-0.05, 0) is 24.1 Å². The lowest BCUT2D eigenvalue weighted by atomic mass is 10.1. The lowest BCUT2D eigenvalue weighted by Crippen LogP contribution is -2.46. The summed E-state index contributed by atoms with van der Waals surface area (Å²) in [6.45, 7) is 3.43. The highest BCUT2D eigenvalue weighted by Gasteiger charge is 2.18. The van der Waals surface area contributed by atoms with Crippen LogP contribution < -0.4 is 26.4 Å². The molecule has 2 aromatic rings. The summed E-state index contributed by atoms with van der Waals surface area (Å²) in [5.74, 6) is -0.430. The molecule has 0 bridgehead atoms. The van der Waals surface area contributed by atoms with E-state index in [4.69, 9.17) is 10.5 Å². The summed E-state index contributed by atoms with van der Waals surface area (Å²) < 4.78 is 5.80. The number of halogens is 2. The number of hydrogen-bond acceptors (Lipinski definition) is 6. The number of benzene rings is 1. The molecule has 1 aromatic carbocycles. The number of para-hydroxylation sites is 2. The zero-order valence-electron chi connectivity index (χ0n) is 17.4. The highest BCUT2D eigenvalue weighted by atomic mass is 35.5. The van der Waals surface area contributed by atoms with Gasteiger partial charge in [0.25, 0.3) is 5.91 Å². The number of nitrogens with two attached hydrogens (primary N) is 1. The lowest BCUT2D eigenvalue weighted by molar-refractivity contribution is -0.125. The van der Waals surface area contributed by atoms with E-state index in [0.29, 0.717) is 17.2 Å². The fourth-order valence-corrected chi connectivity index (χ4v) is 2.30. The Labute approximate surface area is 193 Å². The quantitative estimate of drug-likeness (QED) is 0.465. The first-order chi connectivity index (χ1) is 13.8. The second-order valence-corrected chi connectivity index (χ2v) is 6.59. The topological polar surface area (TPSA) is 135 Å². The number of nitrogens with one attached hydrogen (secondary N) is 3. The number of nitrogens with zero attached hydrogens (tertiary/aromatic N) is 1. The van der Waals surface area contributed by atoms with Gasteiger partial charge in [0.2, 0.25) is 11.8 Å². The summed E-state index contributed by atoms with van der Waals surface area (Å²) in [4.78, 5) is 39.8. The molecule has 0 aliphatic carbocycles. The van der Waals surface area contributed by atoms with Crippen LogP contribution in [-0.2, 0) is 9.59 Å². The zero-order valence-corrected chi connectivity index (χ0v) is 19.0. The van der Waals surface area contributed by atoms with Gasteiger partial charge in [-0.25, -0.2) is 0 Å². The van der Waals surface area contributed by atoms with Gasteiger partial charge in [-0.3, -0.25) is 19.4 Å². The van der Waals surface area contributed by atoms with Gasteiger partial charge in [0.15, 0.2) is 5.75 Å². The Morgan fingerprint density at radius 1 is 1.13 bits per heavy atom. The summed E-state index contributed by atoms with van der Waals surface area (Å²) in [6.07, 6.45) is 1.45. The first-order valence-electron chi connectivity index (χ1n) is 9.10. The SMILES string of the molecule is CNC(=O)c1cc(Oc2ccccc2NC(=O)CNC(=O)[C@@H](N)C(C)C)ccn1.Cl.Cl. The molecule has 0 aliphatic rings. The van der Waals surface area contributed by atoms with E-state index in [1.807, 2.05) is 13.8 Å². The third-order valence-electron chi connectivity index (χ3n) is 4.02. The third-order valence-corrected chi connectivity index (χ3v) is 4.02. The van der Waals surface area contributed by atoms with E-state index in [1.165, 1.54) is 19.3 Å². The van der Waals surface area contributed by atoms with Gasteiger partial charge in [-0.15, -0.1) is 24.8 Å². The van der Waals surface area contributed by atoms with Crippen molar-refractivity contribution >= 4 is 48.2 Å². The van der Waals surface area contributed by atoms with Crippen LogP contribution in [0.3, 0.4) is 0 Å². The van der Waals surface area contributed by atoms with Crippen molar-refractivity contribution < 1.29 is 19.1 Å². The van der Waals surface area contributed by atoms with Crippen molar-refractivity contribution in [3.63, 3.8) is 0 Å². The minimum atomic E-state index is -0.681. The van der Waals surface area contributed by atoms with E-state index in [9.17, 15) is 14.4 Å². The molecule has 0 spiro atoms. The second-order valence-electron chi connectivity index (χ2n) is 6.59. The smallest absolute Gasteiger partial charge is 0.269 e. The van der Waals surface area contributed by atoms with Crippen LogP contribution in [0.4, 0.5) is 5.69 Å². The fourth-order valence-electron chi connectivity index (χ4n) is 2.30. The van der Waals surface area contributed by atoms with Crippen LogP contribution in [0.1, 0.15) is 24.3 Å². The van der Waals surface area contributed by atoms with Crippen molar-refractivity contribution in [3.8, 4) is 11.5 Å². The summed E-state index contributed by atoms with van der Waals surface area (Å²) in [5, 5.41) is 7.69. The Morgan fingerprint density at radius 2 is 1.81 bits per heavy atom.